The Bertz CT molecular complexity index is 514. The van der Waals surface area contributed by atoms with Crippen molar-refractivity contribution >= 4 is 21.4 Å². The third kappa shape index (κ3) is 1.40. The van der Waals surface area contributed by atoms with Gasteiger partial charge in [0.05, 0.1) is 5.52 Å². The summed E-state index contributed by atoms with van der Waals surface area (Å²) in [6.45, 7) is 4.19. The lowest BCUT2D eigenvalue weighted by atomic mass is 10.0. The van der Waals surface area contributed by atoms with Crippen LogP contribution in [0.2, 0.25) is 0 Å². The summed E-state index contributed by atoms with van der Waals surface area (Å²) in [6, 6.07) is 4.23. The maximum atomic E-state index is 4.59. The zero-order valence-electron chi connectivity index (χ0n) is 8.50. The summed E-state index contributed by atoms with van der Waals surface area (Å²) in [6.07, 6.45) is 2.15. The van der Waals surface area contributed by atoms with Crippen molar-refractivity contribution in [3.05, 3.63) is 34.3 Å². The van der Waals surface area contributed by atoms with E-state index in [0.29, 0.717) is 5.92 Å². The zero-order valence-corrected chi connectivity index (χ0v) is 10.1. The highest BCUT2D eigenvalue weighted by Gasteiger charge is 2.24. The zero-order chi connectivity index (χ0) is 10.4. The molecule has 78 valence electrons. The Labute approximate surface area is 96.6 Å². The molecule has 1 fully saturated rings. The Hall–Kier alpha value is -0.870. The van der Waals surface area contributed by atoms with Gasteiger partial charge in [0, 0.05) is 25.2 Å². The van der Waals surface area contributed by atoms with Crippen LogP contribution < -0.4 is 5.32 Å². The minimum atomic E-state index is 0.561. The van der Waals surface area contributed by atoms with Gasteiger partial charge in [-0.1, -0.05) is 6.07 Å². The molecule has 0 bridgehead atoms. The maximum absolute atomic E-state index is 4.59. The molecule has 4 heteroatoms. The van der Waals surface area contributed by atoms with Crippen LogP contribution in [0.25, 0.3) is 5.52 Å². The Morgan fingerprint density at radius 3 is 2.93 bits per heavy atom. The van der Waals surface area contributed by atoms with Gasteiger partial charge in [0.2, 0.25) is 0 Å². The first-order valence-electron chi connectivity index (χ1n) is 5.10. The van der Waals surface area contributed by atoms with Crippen LogP contribution in [0, 0.1) is 6.92 Å². The lowest BCUT2D eigenvalue weighted by Crippen LogP contribution is -2.40. The molecule has 0 aromatic carbocycles. The van der Waals surface area contributed by atoms with Crippen molar-refractivity contribution in [3.8, 4) is 0 Å². The SMILES string of the molecule is Cc1ccc2c(Br)nc(C3CNC3)n2c1. The lowest BCUT2D eigenvalue weighted by molar-refractivity contribution is 0.428. The molecule has 1 aliphatic heterocycles. The van der Waals surface area contributed by atoms with Crippen LogP contribution in [0.15, 0.2) is 22.9 Å². The molecule has 0 spiro atoms. The van der Waals surface area contributed by atoms with Crippen molar-refractivity contribution in [2.75, 3.05) is 13.1 Å². The molecule has 0 atom stereocenters. The Kier molecular flexibility index (Phi) is 2.07. The number of nitrogens with one attached hydrogen (secondary N) is 1. The van der Waals surface area contributed by atoms with Crippen molar-refractivity contribution in [2.45, 2.75) is 12.8 Å². The highest BCUT2D eigenvalue weighted by atomic mass is 79.9. The van der Waals surface area contributed by atoms with Gasteiger partial charge in [0.1, 0.15) is 10.4 Å². The highest BCUT2D eigenvalue weighted by molar-refractivity contribution is 9.10. The van der Waals surface area contributed by atoms with E-state index in [1.54, 1.807) is 0 Å². The first kappa shape index (κ1) is 9.36. The third-order valence-corrected chi connectivity index (χ3v) is 3.50. The first-order chi connectivity index (χ1) is 7.25. The second-order valence-electron chi connectivity index (χ2n) is 4.08. The fourth-order valence-corrected chi connectivity index (χ4v) is 2.44. The molecule has 0 aliphatic carbocycles. The minimum absolute atomic E-state index is 0.561. The van der Waals surface area contributed by atoms with E-state index in [0.717, 1.165) is 23.2 Å². The minimum Gasteiger partial charge on any atom is -0.315 e. The maximum Gasteiger partial charge on any atom is 0.132 e. The van der Waals surface area contributed by atoms with Crippen LogP contribution in [0.4, 0.5) is 0 Å². The molecule has 3 nitrogen and oxygen atoms in total. The second kappa shape index (κ2) is 3.32. The summed E-state index contributed by atoms with van der Waals surface area (Å²) < 4.78 is 3.15. The average Bonchev–Trinajstić information content (AvgIpc) is 2.41. The molecule has 0 saturated carbocycles. The number of halogens is 1. The number of nitrogens with zero attached hydrogens (tertiary/aromatic N) is 2. The Morgan fingerprint density at radius 1 is 1.47 bits per heavy atom. The number of rotatable bonds is 1. The van der Waals surface area contributed by atoms with Gasteiger partial charge in [-0.25, -0.2) is 4.98 Å². The molecular formula is C11H12BrN3. The number of hydrogen-bond acceptors (Lipinski definition) is 2. The van der Waals surface area contributed by atoms with Crippen molar-refractivity contribution in [1.29, 1.82) is 0 Å². The van der Waals surface area contributed by atoms with Crippen LogP contribution >= 0.6 is 15.9 Å². The van der Waals surface area contributed by atoms with Gasteiger partial charge in [0.15, 0.2) is 0 Å². The van der Waals surface area contributed by atoms with Crippen molar-refractivity contribution in [3.63, 3.8) is 0 Å². The van der Waals surface area contributed by atoms with Gasteiger partial charge in [-0.05, 0) is 34.5 Å². The molecule has 15 heavy (non-hydrogen) atoms. The van der Waals surface area contributed by atoms with E-state index >= 15 is 0 Å². The summed E-state index contributed by atoms with van der Waals surface area (Å²) in [5.41, 5.74) is 2.42. The number of fused-ring (bicyclic) bond motifs is 1. The van der Waals surface area contributed by atoms with Gasteiger partial charge < -0.3 is 9.72 Å². The molecule has 3 rings (SSSR count). The van der Waals surface area contributed by atoms with Gasteiger partial charge in [-0.3, -0.25) is 0 Å². The summed E-state index contributed by atoms with van der Waals surface area (Å²) in [5, 5.41) is 3.28. The van der Waals surface area contributed by atoms with Crippen LogP contribution in [0.3, 0.4) is 0 Å². The van der Waals surface area contributed by atoms with E-state index in [1.165, 1.54) is 11.4 Å². The predicted molar refractivity (Wildman–Crippen MR) is 63.2 cm³/mol. The summed E-state index contributed by atoms with van der Waals surface area (Å²) in [5.74, 6) is 1.73. The third-order valence-electron chi connectivity index (χ3n) is 2.91. The number of aromatic nitrogens is 2. The molecule has 1 saturated heterocycles. The quantitative estimate of drug-likeness (QED) is 0.856. The number of aryl methyl sites for hydroxylation is 1. The smallest absolute Gasteiger partial charge is 0.132 e. The molecule has 3 heterocycles. The Balaban J connectivity index is 2.24. The monoisotopic (exact) mass is 265 g/mol. The van der Waals surface area contributed by atoms with Crippen LogP contribution in [-0.4, -0.2) is 22.5 Å². The van der Waals surface area contributed by atoms with Crippen molar-refractivity contribution < 1.29 is 0 Å². The number of hydrogen-bond donors (Lipinski definition) is 1. The predicted octanol–water partition coefficient (Wildman–Crippen LogP) is 2.09. The molecule has 1 N–H and O–H groups in total. The van der Waals surface area contributed by atoms with Crippen molar-refractivity contribution in [1.82, 2.24) is 14.7 Å². The normalized spacial score (nSPS) is 16.9. The standard InChI is InChI=1S/C11H12BrN3/c1-7-2-3-9-10(12)14-11(15(9)6-7)8-4-13-5-8/h2-3,6,8,13H,4-5H2,1H3. The van der Waals surface area contributed by atoms with Crippen LogP contribution in [0.5, 0.6) is 0 Å². The fourth-order valence-electron chi connectivity index (χ4n) is 1.94. The molecule has 0 unspecified atom stereocenters. The second-order valence-corrected chi connectivity index (χ2v) is 4.83. The largest absolute Gasteiger partial charge is 0.315 e. The Morgan fingerprint density at radius 2 is 2.27 bits per heavy atom. The summed E-state index contributed by atoms with van der Waals surface area (Å²) in [7, 11) is 0. The van der Waals surface area contributed by atoms with Crippen molar-refractivity contribution in [2.24, 2.45) is 0 Å². The van der Waals surface area contributed by atoms with Gasteiger partial charge in [0.25, 0.3) is 0 Å². The molecular weight excluding hydrogens is 254 g/mol. The molecule has 1 aliphatic rings. The highest BCUT2D eigenvalue weighted by Crippen LogP contribution is 2.26. The van der Waals surface area contributed by atoms with E-state index in [-0.39, 0.29) is 0 Å². The molecule has 0 amide bonds. The van der Waals surface area contributed by atoms with Gasteiger partial charge in [-0.15, -0.1) is 0 Å². The lowest BCUT2D eigenvalue weighted by Gasteiger charge is -2.25. The fraction of sp³-hybridized carbons (Fsp3) is 0.364. The van der Waals surface area contributed by atoms with Crippen LogP contribution in [0.1, 0.15) is 17.3 Å². The number of imidazole rings is 1. The number of pyridine rings is 1. The van der Waals surface area contributed by atoms with E-state index in [4.69, 9.17) is 0 Å². The van der Waals surface area contributed by atoms with E-state index in [9.17, 15) is 0 Å². The van der Waals surface area contributed by atoms with Gasteiger partial charge in [-0.2, -0.15) is 0 Å². The average molecular weight is 266 g/mol. The van der Waals surface area contributed by atoms with Gasteiger partial charge >= 0.3 is 0 Å². The molecule has 2 aromatic heterocycles. The topological polar surface area (TPSA) is 29.3 Å². The summed E-state index contributed by atoms with van der Waals surface area (Å²) >= 11 is 3.51. The molecule has 2 aromatic rings. The van der Waals surface area contributed by atoms with E-state index in [1.807, 2.05) is 0 Å². The molecule has 0 radical (unpaired) electrons. The summed E-state index contributed by atoms with van der Waals surface area (Å²) in [4.78, 5) is 4.59. The van der Waals surface area contributed by atoms with Crippen LogP contribution in [-0.2, 0) is 0 Å². The van der Waals surface area contributed by atoms with E-state index < -0.39 is 0 Å². The van der Waals surface area contributed by atoms with E-state index in [2.05, 4.69) is 55.9 Å². The first-order valence-corrected chi connectivity index (χ1v) is 5.90.